The summed E-state index contributed by atoms with van der Waals surface area (Å²) in [5.74, 6) is -0.469. The number of rotatable bonds is 1. The van der Waals surface area contributed by atoms with E-state index in [1.54, 1.807) is 12.1 Å². The van der Waals surface area contributed by atoms with Gasteiger partial charge in [0.1, 0.15) is 5.82 Å². The molecule has 2 nitrogen and oxygen atoms in total. The van der Waals surface area contributed by atoms with Crippen LogP contribution in [0.5, 0.6) is 0 Å². The number of benzene rings is 1. The zero-order chi connectivity index (χ0) is 10.3. The molecule has 1 aromatic carbocycles. The fourth-order valence-corrected chi connectivity index (χ4v) is 2.10. The van der Waals surface area contributed by atoms with Gasteiger partial charge in [-0.15, -0.1) is 0 Å². The lowest BCUT2D eigenvalue weighted by Gasteiger charge is -1.90. The Bertz CT molecular complexity index is 518. The van der Waals surface area contributed by atoms with Gasteiger partial charge in [-0.2, -0.15) is 0 Å². The molecule has 0 spiro atoms. The quantitative estimate of drug-likeness (QED) is 0.780. The van der Waals surface area contributed by atoms with E-state index in [1.807, 2.05) is 0 Å². The molecule has 2 rings (SSSR count). The van der Waals surface area contributed by atoms with E-state index in [2.05, 4.69) is 20.9 Å². The fourth-order valence-electron chi connectivity index (χ4n) is 1.39. The minimum Gasteiger partial charge on any atom is -0.349 e. The number of aromatic nitrogens is 1. The van der Waals surface area contributed by atoms with E-state index in [-0.39, 0.29) is 11.6 Å². The molecule has 0 saturated carbocycles. The first-order valence-electron chi connectivity index (χ1n) is 4.08. The van der Waals surface area contributed by atoms with Gasteiger partial charge in [0.25, 0.3) is 0 Å². The second-order valence-corrected chi connectivity index (χ2v) is 3.83. The Hall–Kier alpha value is -1.16. The van der Waals surface area contributed by atoms with Crippen molar-refractivity contribution < 1.29 is 9.18 Å². The normalized spacial score (nSPS) is 10.8. The summed E-state index contributed by atoms with van der Waals surface area (Å²) in [7, 11) is 0. The first-order valence-corrected chi connectivity index (χ1v) is 4.87. The molecule has 4 heteroatoms. The number of hydrogen-bond acceptors (Lipinski definition) is 1. The van der Waals surface area contributed by atoms with Crippen LogP contribution in [-0.2, 0) is 0 Å². The Balaban J connectivity index is 2.86. The molecule has 1 N–H and O–H groups in total. The molecule has 0 amide bonds. The molecule has 2 aromatic rings. The van der Waals surface area contributed by atoms with Crippen LogP contribution in [0.4, 0.5) is 4.39 Å². The lowest BCUT2D eigenvalue weighted by Crippen LogP contribution is -1.92. The number of halogens is 2. The average molecular weight is 256 g/mol. The van der Waals surface area contributed by atoms with E-state index < -0.39 is 0 Å². The Kier molecular flexibility index (Phi) is 2.15. The summed E-state index contributed by atoms with van der Waals surface area (Å²) in [4.78, 5) is 13.9. The summed E-state index contributed by atoms with van der Waals surface area (Å²) < 4.78 is 13.9. The van der Waals surface area contributed by atoms with Crippen molar-refractivity contribution in [3.63, 3.8) is 0 Å². The number of H-pyrrole nitrogens is 1. The van der Waals surface area contributed by atoms with Gasteiger partial charge in [0.15, 0.2) is 5.78 Å². The predicted octanol–water partition coefficient (Wildman–Crippen LogP) is 3.27. The van der Waals surface area contributed by atoms with Gasteiger partial charge in [-0.3, -0.25) is 4.79 Å². The number of carbonyl (C=O) groups is 1. The van der Waals surface area contributed by atoms with Crippen molar-refractivity contribution in [2.45, 2.75) is 6.92 Å². The van der Waals surface area contributed by atoms with Crippen LogP contribution >= 0.6 is 15.9 Å². The van der Waals surface area contributed by atoms with E-state index in [0.717, 1.165) is 0 Å². The minimum absolute atomic E-state index is 0.118. The number of hydrogen-bond donors (Lipinski definition) is 1. The van der Waals surface area contributed by atoms with Gasteiger partial charge >= 0.3 is 0 Å². The molecular formula is C10H7BrFNO. The zero-order valence-corrected chi connectivity index (χ0v) is 8.98. The molecule has 72 valence electrons. The van der Waals surface area contributed by atoms with Crippen molar-refractivity contribution in [2.24, 2.45) is 0 Å². The van der Waals surface area contributed by atoms with Crippen LogP contribution in [0.1, 0.15) is 17.4 Å². The molecule has 0 atom stereocenters. The van der Waals surface area contributed by atoms with Gasteiger partial charge in [0.05, 0.1) is 15.7 Å². The maximum Gasteiger partial charge on any atom is 0.177 e. The highest BCUT2D eigenvalue weighted by Gasteiger charge is 2.14. The Morgan fingerprint density at radius 2 is 2.21 bits per heavy atom. The topological polar surface area (TPSA) is 32.9 Å². The number of carbonyl (C=O) groups excluding carboxylic acids is 1. The van der Waals surface area contributed by atoms with E-state index in [0.29, 0.717) is 21.1 Å². The Labute approximate surface area is 88.2 Å². The zero-order valence-electron chi connectivity index (χ0n) is 7.40. The minimum atomic E-state index is -0.351. The number of para-hydroxylation sites is 1. The largest absolute Gasteiger partial charge is 0.349 e. The van der Waals surface area contributed by atoms with Crippen LogP contribution in [0.25, 0.3) is 10.9 Å². The maximum absolute atomic E-state index is 13.3. The summed E-state index contributed by atoms with van der Waals surface area (Å²) in [6.07, 6.45) is 0. The lowest BCUT2D eigenvalue weighted by molar-refractivity contribution is 0.101. The standard InChI is InChI=1S/C10H7BrFNO/c1-5(14)9-8(11)6-3-2-4-7(12)10(6)13-9/h2-4,13H,1H3. The van der Waals surface area contributed by atoms with Crippen molar-refractivity contribution in [1.29, 1.82) is 0 Å². The maximum atomic E-state index is 13.3. The summed E-state index contributed by atoms with van der Waals surface area (Å²) >= 11 is 3.27. The smallest absolute Gasteiger partial charge is 0.177 e. The third kappa shape index (κ3) is 1.26. The monoisotopic (exact) mass is 255 g/mol. The molecule has 0 fully saturated rings. The SMILES string of the molecule is CC(=O)c1[nH]c2c(F)cccc2c1Br. The number of Topliss-reactive ketones (excluding diaryl/α,β-unsaturated/α-hetero) is 1. The summed E-state index contributed by atoms with van der Waals surface area (Å²) in [5.41, 5.74) is 0.773. The molecule has 0 radical (unpaired) electrons. The summed E-state index contributed by atoms with van der Waals surface area (Å²) in [6, 6.07) is 4.72. The van der Waals surface area contributed by atoms with Crippen LogP contribution in [-0.4, -0.2) is 10.8 Å². The highest BCUT2D eigenvalue weighted by Crippen LogP contribution is 2.29. The van der Waals surface area contributed by atoms with Gasteiger partial charge in [-0.1, -0.05) is 12.1 Å². The number of nitrogens with one attached hydrogen (secondary N) is 1. The predicted molar refractivity (Wildman–Crippen MR) is 56.0 cm³/mol. The van der Waals surface area contributed by atoms with Crippen LogP contribution in [0.15, 0.2) is 22.7 Å². The second-order valence-electron chi connectivity index (χ2n) is 3.03. The molecule has 0 aliphatic heterocycles. The molecule has 14 heavy (non-hydrogen) atoms. The Morgan fingerprint density at radius 1 is 1.50 bits per heavy atom. The molecular weight excluding hydrogens is 249 g/mol. The lowest BCUT2D eigenvalue weighted by atomic mass is 10.2. The first-order chi connectivity index (χ1) is 6.61. The molecule has 0 aliphatic carbocycles. The molecule has 1 heterocycles. The van der Waals surface area contributed by atoms with Gasteiger partial charge < -0.3 is 4.98 Å². The van der Waals surface area contributed by atoms with E-state index >= 15 is 0 Å². The van der Waals surface area contributed by atoms with Gasteiger partial charge in [-0.25, -0.2) is 4.39 Å². The number of aromatic amines is 1. The second kappa shape index (κ2) is 3.20. The average Bonchev–Trinajstić information content (AvgIpc) is 2.46. The summed E-state index contributed by atoms with van der Waals surface area (Å²) in [6.45, 7) is 1.44. The molecule has 0 unspecified atom stereocenters. The third-order valence-electron chi connectivity index (χ3n) is 2.07. The van der Waals surface area contributed by atoms with Crippen LogP contribution in [0.2, 0.25) is 0 Å². The van der Waals surface area contributed by atoms with E-state index in [9.17, 15) is 9.18 Å². The van der Waals surface area contributed by atoms with E-state index in [4.69, 9.17) is 0 Å². The van der Waals surface area contributed by atoms with Gasteiger partial charge in [0.2, 0.25) is 0 Å². The van der Waals surface area contributed by atoms with Crippen LogP contribution in [0.3, 0.4) is 0 Å². The van der Waals surface area contributed by atoms with Crippen LogP contribution < -0.4 is 0 Å². The highest BCUT2D eigenvalue weighted by molar-refractivity contribution is 9.10. The summed E-state index contributed by atoms with van der Waals surface area (Å²) in [5, 5.41) is 0.690. The molecule has 0 aliphatic rings. The number of ketones is 1. The van der Waals surface area contributed by atoms with Gasteiger partial charge in [-0.05, 0) is 22.0 Å². The fraction of sp³-hybridized carbons (Fsp3) is 0.100. The first kappa shape index (κ1) is 9.40. The molecule has 0 saturated heterocycles. The number of fused-ring (bicyclic) bond motifs is 1. The van der Waals surface area contributed by atoms with Crippen molar-refractivity contribution in [2.75, 3.05) is 0 Å². The Morgan fingerprint density at radius 3 is 2.79 bits per heavy atom. The van der Waals surface area contributed by atoms with Crippen molar-refractivity contribution in [1.82, 2.24) is 4.98 Å². The molecule has 0 bridgehead atoms. The van der Waals surface area contributed by atoms with E-state index in [1.165, 1.54) is 13.0 Å². The molecule has 1 aromatic heterocycles. The third-order valence-corrected chi connectivity index (χ3v) is 2.90. The van der Waals surface area contributed by atoms with Gasteiger partial charge in [0, 0.05) is 12.3 Å². The van der Waals surface area contributed by atoms with Crippen molar-refractivity contribution >= 4 is 32.6 Å². The van der Waals surface area contributed by atoms with Crippen molar-refractivity contribution in [3.05, 3.63) is 34.2 Å². The van der Waals surface area contributed by atoms with Crippen LogP contribution in [0, 0.1) is 5.82 Å². The highest BCUT2D eigenvalue weighted by atomic mass is 79.9. The van der Waals surface area contributed by atoms with Crippen molar-refractivity contribution in [3.8, 4) is 0 Å².